The molecule has 2 aromatic carbocycles. The van der Waals surface area contributed by atoms with E-state index in [4.69, 9.17) is 4.74 Å². The zero-order valence-corrected chi connectivity index (χ0v) is 17.2. The number of rotatable bonds is 9. The van der Waals surface area contributed by atoms with Crippen molar-refractivity contribution in [3.8, 4) is 5.75 Å². The summed E-state index contributed by atoms with van der Waals surface area (Å²) < 4.78 is 5.48. The number of nitrogens with zero attached hydrogens (tertiary/aromatic N) is 2. The van der Waals surface area contributed by atoms with Crippen molar-refractivity contribution >= 4 is 17.5 Å². The van der Waals surface area contributed by atoms with Gasteiger partial charge >= 0.3 is 0 Å². The highest BCUT2D eigenvalue weighted by Crippen LogP contribution is 2.32. The predicted octanol–water partition coefficient (Wildman–Crippen LogP) is 3.07. The maximum Gasteiger partial charge on any atom is 0.265 e. The Kier molecular flexibility index (Phi) is 7.25. The first-order valence-corrected chi connectivity index (χ1v) is 10.2. The van der Waals surface area contributed by atoms with E-state index in [0.717, 1.165) is 37.3 Å². The third-order valence-electron chi connectivity index (χ3n) is 5.20. The summed E-state index contributed by atoms with van der Waals surface area (Å²) in [6.07, 6.45) is 0.935. The van der Waals surface area contributed by atoms with Crippen LogP contribution in [0.3, 0.4) is 0 Å². The van der Waals surface area contributed by atoms with Gasteiger partial charge in [0.2, 0.25) is 0 Å². The monoisotopic (exact) mass is 395 g/mol. The molecule has 0 saturated heterocycles. The van der Waals surface area contributed by atoms with E-state index in [2.05, 4.69) is 24.1 Å². The van der Waals surface area contributed by atoms with E-state index in [1.54, 1.807) is 4.90 Å². The van der Waals surface area contributed by atoms with Gasteiger partial charge < -0.3 is 19.9 Å². The van der Waals surface area contributed by atoms with Crippen LogP contribution in [-0.4, -0.2) is 49.5 Å². The third-order valence-corrected chi connectivity index (χ3v) is 5.20. The smallest absolute Gasteiger partial charge is 0.265 e. The minimum atomic E-state index is -0.0706. The molecule has 6 nitrogen and oxygen atoms in total. The molecule has 3 rings (SSSR count). The zero-order valence-electron chi connectivity index (χ0n) is 17.2. The summed E-state index contributed by atoms with van der Waals surface area (Å²) >= 11 is 0. The van der Waals surface area contributed by atoms with Gasteiger partial charge in [-0.2, -0.15) is 0 Å². The van der Waals surface area contributed by atoms with E-state index >= 15 is 0 Å². The topological polar surface area (TPSA) is 61.9 Å². The highest BCUT2D eigenvalue weighted by atomic mass is 16.5. The molecule has 1 aliphatic heterocycles. The van der Waals surface area contributed by atoms with Crippen LogP contribution >= 0.6 is 0 Å². The van der Waals surface area contributed by atoms with Crippen molar-refractivity contribution in [1.29, 1.82) is 0 Å². The van der Waals surface area contributed by atoms with Gasteiger partial charge in [-0.1, -0.05) is 38.1 Å². The van der Waals surface area contributed by atoms with Crippen molar-refractivity contribution in [3.63, 3.8) is 0 Å². The highest BCUT2D eigenvalue weighted by Gasteiger charge is 2.25. The number of carbonyl (C=O) groups is 2. The lowest BCUT2D eigenvalue weighted by molar-refractivity contribution is -0.121. The summed E-state index contributed by atoms with van der Waals surface area (Å²) in [5.41, 5.74) is 2.37. The van der Waals surface area contributed by atoms with Gasteiger partial charge in [-0.3, -0.25) is 9.59 Å². The molecule has 1 aliphatic rings. The number of anilines is 1. The van der Waals surface area contributed by atoms with Crippen molar-refractivity contribution in [3.05, 3.63) is 59.7 Å². The molecule has 6 heteroatoms. The fourth-order valence-corrected chi connectivity index (χ4v) is 3.42. The predicted molar refractivity (Wildman–Crippen MR) is 114 cm³/mol. The number of benzene rings is 2. The number of amides is 2. The van der Waals surface area contributed by atoms with E-state index in [1.165, 1.54) is 0 Å². The quantitative estimate of drug-likeness (QED) is 0.663. The fraction of sp³-hybridized carbons (Fsp3) is 0.391. The molecule has 0 aliphatic carbocycles. The number of carbonyl (C=O) groups excluding carboxylic acids is 2. The van der Waals surface area contributed by atoms with E-state index in [0.29, 0.717) is 24.4 Å². The first kappa shape index (κ1) is 20.9. The molecule has 2 aromatic rings. The van der Waals surface area contributed by atoms with Gasteiger partial charge in [0.05, 0.1) is 12.2 Å². The van der Waals surface area contributed by atoms with E-state index in [1.807, 2.05) is 48.5 Å². The molecule has 0 fully saturated rings. The Morgan fingerprint density at radius 2 is 1.83 bits per heavy atom. The number of fused-ring (bicyclic) bond motifs is 1. The third kappa shape index (κ3) is 5.35. The number of hydrogen-bond acceptors (Lipinski definition) is 4. The molecule has 0 bridgehead atoms. The second-order valence-electron chi connectivity index (χ2n) is 7.07. The summed E-state index contributed by atoms with van der Waals surface area (Å²) in [6.45, 7) is 8.50. The highest BCUT2D eigenvalue weighted by molar-refractivity contribution is 5.98. The standard InChI is InChI=1S/C23H29N3O3/c1-3-25(4-2)15-7-14-24-23(28)19-12-10-18(11-13-19)16-26-20-8-5-6-9-21(20)29-17-22(26)27/h5-6,8-13H,3-4,7,14-17H2,1-2H3,(H,24,28). The van der Waals surface area contributed by atoms with Crippen LogP contribution in [0.25, 0.3) is 0 Å². The second kappa shape index (κ2) is 10.1. The lowest BCUT2D eigenvalue weighted by Gasteiger charge is -2.29. The van der Waals surface area contributed by atoms with Gasteiger partial charge in [0.1, 0.15) is 5.75 Å². The minimum Gasteiger partial charge on any atom is -0.482 e. The fourth-order valence-electron chi connectivity index (χ4n) is 3.42. The molecule has 0 radical (unpaired) electrons. The van der Waals surface area contributed by atoms with Crippen molar-refractivity contribution in [2.24, 2.45) is 0 Å². The molecule has 29 heavy (non-hydrogen) atoms. The average molecular weight is 396 g/mol. The Morgan fingerprint density at radius 3 is 2.55 bits per heavy atom. The maximum absolute atomic E-state index is 12.3. The molecule has 1 N–H and O–H groups in total. The minimum absolute atomic E-state index is 0.0466. The summed E-state index contributed by atoms with van der Waals surface area (Å²) in [5.74, 6) is 0.579. The van der Waals surface area contributed by atoms with E-state index < -0.39 is 0 Å². The van der Waals surface area contributed by atoms with Crippen LogP contribution in [-0.2, 0) is 11.3 Å². The molecule has 0 atom stereocenters. The van der Waals surface area contributed by atoms with E-state index in [9.17, 15) is 9.59 Å². The van der Waals surface area contributed by atoms with Gasteiger partial charge in [-0.15, -0.1) is 0 Å². The van der Waals surface area contributed by atoms with Crippen LogP contribution in [0.5, 0.6) is 5.75 Å². The molecule has 2 amide bonds. The second-order valence-corrected chi connectivity index (χ2v) is 7.07. The van der Waals surface area contributed by atoms with Gasteiger partial charge in [-0.25, -0.2) is 0 Å². The molecular weight excluding hydrogens is 366 g/mol. The molecule has 0 unspecified atom stereocenters. The molecule has 0 saturated carbocycles. The Morgan fingerprint density at radius 1 is 1.10 bits per heavy atom. The van der Waals surface area contributed by atoms with Gasteiger partial charge in [0, 0.05) is 12.1 Å². The van der Waals surface area contributed by atoms with Crippen molar-refractivity contribution in [1.82, 2.24) is 10.2 Å². The molecule has 0 spiro atoms. The van der Waals surface area contributed by atoms with Crippen molar-refractivity contribution in [2.45, 2.75) is 26.8 Å². The van der Waals surface area contributed by atoms with Crippen molar-refractivity contribution < 1.29 is 14.3 Å². The lowest BCUT2D eigenvalue weighted by atomic mass is 10.1. The van der Waals surface area contributed by atoms with Crippen LogP contribution in [0.2, 0.25) is 0 Å². The summed E-state index contributed by atoms with van der Waals surface area (Å²) in [7, 11) is 0. The molecule has 0 aromatic heterocycles. The van der Waals surface area contributed by atoms with Crippen LogP contribution < -0.4 is 15.0 Å². The SMILES string of the molecule is CCN(CC)CCCNC(=O)c1ccc(CN2C(=O)COc3ccccc32)cc1. The number of para-hydroxylation sites is 2. The van der Waals surface area contributed by atoms with Crippen LogP contribution in [0.1, 0.15) is 36.2 Å². The lowest BCUT2D eigenvalue weighted by Crippen LogP contribution is -2.38. The molecule has 154 valence electrons. The summed E-state index contributed by atoms with van der Waals surface area (Å²) in [4.78, 5) is 28.7. The largest absolute Gasteiger partial charge is 0.482 e. The van der Waals surface area contributed by atoms with Gasteiger partial charge in [0.25, 0.3) is 11.8 Å². The Bertz CT molecular complexity index is 832. The molecule has 1 heterocycles. The first-order valence-electron chi connectivity index (χ1n) is 10.2. The Balaban J connectivity index is 1.55. The van der Waals surface area contributed by atoms with Crippen LogP contribution in [0, 0.1) is 0 Å². The number of hydrogen-bond donors (Lipinski definition) is 1. The summed E-state index contributed by atoms with van der Waals surface area (Å²) in [6, 6.07) is 14.9. The van der Waals surface area contributed by atoms with E-state index in [-0.39, 0.29) is 18.4 Å². The van der Waals surface area contributed by atoms with Crippen LogP contribution in [0.15, 0.2) is 48.5 Å². The Hall–Kier alpha value is -2.86. The number of ether oxygens (including phenoxy) is 1. The average Bonchev–Trinajstić information content (AvgIpc) is 2.76. The maximum atomic E-state index is 12.3. The normalized spacial score (nSPS) is 13.2. The number of nitrogens with one attached hydrogen (secondary N) is 1. The van der Waals surface area contributed by atoms with Gasteiger partial charge in [-0.05, 0) is 55.9 Å². The first-order chi connectivity index (χ1) is 14.1. The molecular formula is C23H29N3O3. The van der Waals surface area contributed by atoms with Crippen molar-refractivity contribution in [2.75, 3.05) is 37.7 Å². The summed E-state index contributed by atoms with van der Waals surface area (Å²) in [5, 5.41) is 2.98. The zero-order chi connectivity index (χ0) is 20.6. The Labute approximate surface area is 172 Å². The van der Waals surface area contributed by atoms with Crippen LogP contribution in [0.4, 0.5) is 5.69 Å². The van der Waals surface area contributed by atoms with Gasteiger partial charge in [0.15, 0.2) is 6.61 Å².